The fraction of sp³-hybridized carbons (Fsp3) is 0.538. The van der Waals surface area contributed by atoms with Gasteiger partial charge in [-0.2, -0.15) is 0 Å². The molecule has 0 unspecified atom stereocenters. The van der Waals surface area contributed by atoms with Gasteiger partial charge in [-0.25, -0.2) is 0 Å². The maximum atomic E-state index is 10.9. The number of hydrogen-bond acceptors (Lipinski definition) is 6. The standard InChI is InChI=1S/C13H20N4O3/c1-14-12-10-11(2-3-13(12)17(19)20)16-6-4-15(5-7-16)8-9-18/h2-3,10,14,18H,4-9H2,1H3. The third-order valence-corrected chi connectivity index (χ3v) is 3.60. The molecule has 1 aliphatic rings. The molecule has 0 radical (unpaired) electrons. The smallest absolute Gasteiger partial charge is 0.292 e. The number of nitro benzene ring substituents is 1. The maximum absolute atomic E-state index is 10.9. The maximum Gasteiger partial charge on any atom is 0.292 e. The Morgan fingerprint density at radius 2 is 2.05 bits per heavy atom. The Balaban J connectivity index is 2.08. The molecule has 2 N–H and O–H groups in total. The summed E-state index contributed by atoms with van der Waals surface area (Å²) in [4.78, 5) is 14.9. The van der Waals surface area contributed by atoms with Gasteiger partial charge in [-0.15, -0.1) is 0 Å². The first-order valence-electron chi connectivity index (χ1n) is 6.70. The summed E-state index contributed by atoms with van der Waals surface area (Å²) in [6.45, 7) is 4.40. The van der Waals surface area contributed by atoms with Crippen molar-refractivity contribution in [3.05, 3.63) is 28.3 Å². The van der Waals surface area contributed by atoms with E-state index in [-0.39, 0.29) is 17.2 Å². The molecule has 2 rings (SSSR count). The highest BCUT2D eigenvalue weighted by atomic mass is 16.6. The minimum Gasteiger partial charge on any atom is -0.395 e. The first-order chi connectivity index (χ1) is 9.65. The Bertz CT molecular complexity index is 473. The van der Waals surface area contributed by atoms with Crippen molar-refractivity contribution in [1.29, 1.82) is 0 Å². The number of aliphatic hydroxyl groups excluding tert-OH is 1. The number of nitrogens with zero attached hydrogens (tertiary/aromatic N) is 3. The van der Waals surface area contributed by atoms with Gasteiger partial charge in [0.2, 0.25) is 0 Å². The zero-order chi connectivity index (χ0) is 14.5. The SMILES string of the molecule is CNc1cc(N2CCN(CCO)CC2)ccc1[N+](=O)[O-]. The van der Waals surface area contributed by atoms with Gasteiger partial charge in [0.05, 0.1) is 11.5 Å². The molecule has 1 heterocycles. The van der Waals surface area contributed by atoms with Crippen LogP contribution in [0, 0.1) is 10.1 Å². The van der Waals surface area contributed by atoms with Crippen LogP contribution in [0.25, 0.3) is 0 Å². The fourth-order valence-corrected chi connectivity index (χ4v) is 2.45. The van der Waals surface area contributed by atoms with Gasteiger partial charge in [-0.05, 0) is 12.1 Å². The highest BCUT2D eigenvalue weighted by Gasteiger charge is 2.19. The van der Waals surface area contributed by atoms with E-state index in [0.717, 1.165) is 31.9 Å². The van der Waals surface area contributed by atoms with Crippen molar-refractivity contribution in [1.82, 2.24) is 4.90 Å². The van der Waals surface area contributed by atoms with Crippen LogP contribution in [0.15, 0.2) is 18.2 Å². The lowest BCUT2D eigenvalue weighted by Gasteiger charge is -2.35. The van der Waals surface area contributed by atoms with Gasteiger partial charge in [0.15, 0.2) is 0 Å². The lowest BCUT2D eigenvalue weighted by Crippen LogP contribution is -2.47. The Morgan fingerprint density at radius 1 is 1.35 bits per heavy atom. The molecule has 1 aromatic carbocycles. The van der Waals surface area contributed by atoms with E-state index in [2.05, 4.69) is 15.1 Å². The Labute approximate surface area is 117 Å². The number of β-amino-alcohol motifs (C(OH)–C–C–N with tert-alkyl or cyclic N) is 1. The van der Waals surface area contributed by atoms with Gasteiger partial charge in [0.1, 0.15) is 5.69 Å². The van der Waals surface area contributed by atoms with Gasteiger partial charge in [-0.3, -0.25) is 15.0 Å². The minimum absolute atomic E-state index is 0.0927. The fourth-order valence-electron chi connectivity index (χ4n) is 2.45. The molecule has 0 amide bonds. The van der Waals surface area contributed by atoms with Crippen LogP contribution in [0.5, 0.6) is 0 Å². The molecule has 0 aliphatic carbocycles. The highest BCUT2D eigenvalue weighted by molar-refractivity contribution is 5.69. The Hall–Kier alpha value is -1.86. The van der Waals surface area contributed by atoms with Crippen LogP contribution in [-0.2, 0) is 0 Å². The molecule has 1 saturated heterocycles. The largest absolute Gasteiger partial charge is 0.395 e. The zero-order valence-electron chi connectivity index (χ0n) is 11.6. The molecule has 0 spiro atoms. The second kappa shape index (κ2) is 6.53. The molecule has 0 saturated carbocycles. The number of rotatable bonds is 5. The van der Waals surface area contributed by atoms with E-state index in [1.165, 1.54) is 0 Å². The van der Waals surface area contributed by atoms with Gasteiger partial charge < -0.3 is 15.3 Å². The first kappa shape index (κ1) is 14.5. The average Bonchev–Trinajstić information content (AvgIpc) is 2.47. The first-order valence-corrected chi connectivity index (χ1v) is 6.70. The summed E-state index contributed by atoms with van der Waals surface area (Å²) in [5, 5.41) is 22.7. The number of aliphatic hydroxyl groups is 1. The summed E-state index contributed by atoms with van der Waals surface area (Å²) in [6, 6.07) is 5.15. The molecule has 1 aliphatic heterocycles. The molecular weight excluding hydrogens is 260 g/mol. The number of piperazine rings is 1. The number of benzene rings is 1. The van der Waals surface area contributed by atoms with E-state index in [9.17, 15) is 10.1 Å². The molecule has 0 aromatic heterocycles. The number of nitro groups is 1. The minimum atomic E-state index is -0.380. The summed E-state index contributed by atoms with van der Waals surface area (Å²) in [5.74, 6) is 0. The molecule has 7 nitrogen and oxygen atoms in total. The second-order valence-corrected chi connectivity index (χ2v) is 4.76. The van der Waals surface area contributed by atoms with E-state index in [1.54, 1.807) is 19.2 Å². The molecule has 0 bridgehead atoms. The van der Waals surface area contributed by atoms with Crippen LogP contribution in [0.1, 0.15) is 0 Å². The number of anilines is 2. The van der Waals surface area contributed by atoms with Crippen LogP contribution in [0.3, 0.4) is 0 Å². The van der Waals surface area contributed by atoms with E-state index >= 15 is 0 Å². The van der Waals surface area contributed by atoms with Crippen molar-refractivity contribution < 1.29 is 10.0 Å². The van der Waals surface area contributed by atoms with E-state index in [4.69, 9.17) is 5.11 Å². The predicted octanol–water partition coefficient (Wildman–Crippen LogP) is 0.751. The zero-order valence-corrected chi connectivity index (χ0v) is 11.6. The summed E-state index contributed by atoms with van der Waals surface area (Å²) >= 11 is 0. The number of hydrogen-bond donors (Lipinski definition) is 2. The van der Waals surface area contributed by atoms with Crippen LogP contribution in [-0.4, -0.2) is 61.3 Å². The van der Waals surface area contributed by atoms with Gasteiger partial charge in [0, 0.05) is 51.5 Å². The van der Waals surface area contributed by atoms with E-state index in [0.29, 0.717) is 12.2 Å². The Kier molecular flexibility index (Phi) is 4.75. The third kappa shape index (κ3) is 3.17. The molecular formula is C13H20N4O3. The van der Waals surface area contributed by atoms with Crippen LogP contribution >= 0.6 is 0 Å². The van der Waals surface area contributed by atoms with Gasteiger partial charge in [-0.1, -0.05) is 0 Å². The van der Waals surface area contributed by atoms with Crippen molar-refractivity contribution in [2.45, 2.75) is 0 Å². The summed E-state index contributed by atoms with van der Waals surface area (Å²) in [7, 11) is 1.69. The normalized spacial score (nSPS) is 16.2. The van der Waals surface area contributed by atoms with Gasteiger partial charge >= 0.3 is 0 Å². The second-order valence-electron chi connectivity index (χ2n) is 4.76. The molecule has 7 heteroatoms. The molecule has 1 fully saturated rings. The quantitative estimate of drug-likeness (QED) is 0.612. The molecule has 110 valence electrons. The van der Waals surface area contributed by atoms with Crippen molar-refractivity contribution in [3.8, 4) is 0 Å². The van der Waals surface area contributed by atoms with E-state index in [1.807, 2.05) is 6.07 Å². The lowest BCUT2D eigenvalue weighted by atomic mass is 10.2. The van der Waals surface area contributed by atoms with Crippen LogP contribution < -0.4 is 10.2 Å². The van der Waals surface area contributed by atoms with Gasteiger partial charge in [0.25, 0.3) is 5.69 Å². The van der Waals surface area contributed by atoms with Crippen LogP contribution in [0.2, 0.25) is 0 Å². The van der Waals surface area contributed by atoms with Crippen molar-refractivity contribution in [2.75, 3.05) is 56.6 Å². The topological polar surface area (TPSA) is 81.9 Å². The van der Waals surface area contributed by atoms with Crippen LogP contribution in [0.4, 0.5) is 17.1 Å². The molecule has 0 atom stereocenters. The molecule has 20 heavy (non-hydrogen) atoms. The molecule has 1 aromatic rings. The highest BCUT2D eigenvalue weighted by Crippen LogP contribution is 2.29. The lowest BCUT2D eigenvalue weighted by molar-refractivity contribution is -0.383. The van der Waals surface area contributed by atoms with Crippen molar-refractivity contribution in [2.24, 2.45) is 0 Å². The number of nitrogens with one attached hydrogen (secondary N) is 1. The summed E-state index contributed by atoms with van der Waals surface area (Å²) in [6.07, 6.45) is 0. The monoisotopic (exact) mass is 280 g/mol. The summed E-state index contributed by atoms with van der Waals surface area (Å²) in [5.41, 5.74) is 1.61. The van der Waals surface area contributed by atoms with E-state index < -0.39 is 0 Å². The average molecular weight is 280 g/mol. The van der Waals surface area contributed by atoms with Crippen molar-refractivity contribution >= 4 is 17.1 Å². The Morgan fingerprint density at radius 3 is 2.60 bits per heavy atom. The summed E-state index contributed by atoms with van der Waals surface area (Å²) < 4.78 is 0. The van der Waals surface area contributed by atoms with Crippen molar-refractivity contribution in [3.63, 3.8) is 0 Å². The third-order valence-electron chi connectivity index (χ3n) is 3.60. The predicted molar refractivity (Wildman–Crippen MR) is 78.4 cm³/mol.